The molecule has 2 atom stereocenters. The highest BCUT2D eigenvalue weighted by atomic mass is 35.5. The normalized spacial score (nSPS) is 17.1. The summed E-state index contributed by atoms with van der Waals surface area (Å²) in [5.74, 6) is 0. The number of halogens is 3. The van der Waals surface area contributed by atoms with E-state index in [2.05, 4.69) is 15.2 Å². The molecule has 2 N–H and O–H groups in total. The average Bonchev–Trinajstić information content (AvgIpc) is 3.24. The van der Waals surface area contributed by atoms with E-state index in [1.54, 1.807) is 36.4 Å². The number of hydrazone groups is 1. The van der Waals surface area contributed by atoms with Gasteiger partial charge in [0, 0.05) is 21.5 Å². The summed E-state index contributed by atoms with van der Waals surface area (Å²) in [6, 6.07) is 19.7. The Hall–Kier alpha value is -2.09. The van der Waals surface area contributed by atoms with Crippen LogP contribution in [0.3, 0.4) is 0 Å². The third kappa shape index (κ3) is 5.05. The number of benzene rings is 3. The van der Waals surface area contributed by atoms with Crippen LogP contribution in [0.2, 0.25) is 15.1 Å². The molecule has 1 unspecified atom stereocenters. The zero-order valence-corrected chi connectivity index (χ0v) is 19.2. The Kier molecular flexibility index (Phi) is 6.55. The SMILES string of the molecule is O=S(=O)(N[C@H](C1=NNC(c2ccc(Cl)cc2)C1)c1ccc(Cl)cc1Cl)c1ccccc1. The van der Waals surface area contributed by atoms with Crippen LogP contribution in [-0.2, 0) is 10.0 Å². The highest BCUT2D eigenvalue weighted by Gasteiger charge is 2.32. The monoisotopic (exact) mass is 493 g/mol. The van der Waals surface area contributed by atoms with Gasteiger partial charge in [0.2, 0.25) is 10.0 Å². The fourth-order valence-corrected chi connectivity index (χ4v) is 5.27. The molecule has 0 aliphatic carbocycles. The summed E-state index contributed by atoms with van der Waals surface area (Å²) in [5.41, 5.74) is 5.27. The van der Waals surface area contributed by atoms with Gasteiger partial charge in [-0.05, 0) is 47.5 Å². The van der Waals surface area contributed by atoms with Crippen molar-refractivity contribution in [3.05, 3.63) is 99.0 Å². The van der Waals surface area contributed by atoms with E-state index in [0.717, 1.165) is 5.56 Å². The third-order valence-corrected chi connectivity index (χ3v) is 7.24. The summed E-state index contributed by atoms with van der Waals surface area (Å²) in [6.07, 6.45) is 0.489. The largest absolute Gasteiger partial charge is 0.302 e. The maximum atomic E-state index is 13.1. The number of hydrogen-bond acceptors (Lipinski definition) is 4. The summed E-state index contributed by atoms with van der Waals surface area (Å²) in [4.78, 5) is 0.158. The van der Waals surface area contributed by atoms with E-state index in [4.69, 9.17) is 34.8 Å². The van der Waals surface area contributed by atoms with Crippen molar-refractivity contribution in [1.82, 2.24) is 10.1 Å². The Morgan fingerprint density at radius 1 is 0.935 bits per heavy atom. The van der Waals surface area contributed by atoms with Crippen LogP contribution in [0, 0.1) is 0 Å². The van der Waals surface area contributed by atoms with Crippen molar-refractivity contribution in [1.29, 1.82) is 0 Å². The fourth-order valence-electron chi connectivity index (χ4n) is 3.40. The van der Waals surface area contributed by atoms with Gasteiger partial charge >= 0.3 is 0 Å². The second-order valence-corrected chi connectivity index (χ2v) is 10.1. The van der Waals surface area contributed by atoms with Crippen LogP contribution >= 0.6 is 34.8 Å². The first-order chi connectivity index (χ1) is 14.8. The minimum Gasteiger partial charge on any atom is -0.302 e. The van der Waals surface area contributed by atoms with Gasteiger partial charge in [0.25, 0.3) is 0 Å². The van der Waals surface area contributed by atoms with E-state index >= 15 is 0 Å². The second kappa shape index (κ2) is 9.18. The molecule has 0 saturated carbocycles. The van der Waals surface area contributed by atoms with Crippen LogP contribution < -0.4 is 10.1 Å². The van der Waals surface area contributed by atoms with Gasteiger partial charge in [-0.15, -0.1) is 0 Å². The minimum absolute atomic E-state index is 0.109. The topological polar surface area (TPSA) is 70.6 Å². The molecule has 5 nitrogen and oxygen atoms in total. The highest BCUT2D eigenvalue weighted by Crippen LogP contribution is 2.33. The Labute approximate surface area is 196 Å². The first kappa shape index (κ1) is 22.1. The van der Waals surface area contributed by atoms with Gasteiger partial charge in [-0.3, -0.25) is 0 Å². The van der Waals surface area contributed by atoms with Crippen molar-refractivity contribution in [2.24, 2.45) is 5.10 Å². The van der Waals surface area contributed by atoms with Gasteiger partial charge in [0.1, 0.15) is 0 Å². The number of hydrogen-bond donors (Lipinski definition) is 2. The fraction of sp³-hybridized carbons (Fsp3) is 0.136. The predicted molar refractivity (Wildman–Crippen MR) is 125 cm³/mol. The van der Waals surface area contributed by atoms with E-state index in [9.17, 15) is 8.42 Å². The third-order valence-electron chi connectivity index (χ3n) is 4.98. The summed E-state index contributed by atoms with van der Waals surface area (Å²) in [7, 11) is -3.83. The molecule has 1 heterocycles. The molecular formula is C22H18Cl3N3O2S. The van der Waals surface area contributed by atoms with Crippen molar-refractivity contribution >= 4 is 50.5 Å². The summed E-state index contributed by atoms with van der Waals surface area (Å²) in [5, 5.41) is 5.91. The molecule has 0 aromatic heterocycles. The molecule has 3 aromatic carbocycles. The van der Waals surface area contributed by atoms with E-state index in [1.165, 1.54) is 12.1 Å². The lowest BCUT2D eigenvalue weighted by Crippen LogP contribution is -2.33. The Bertz CT molecular complexity index is 1220. The van der Waals surface area contributed by atoms with Crippen molar-refractivity contribution < 1.29 is 8.42 Å². The summed E-state index contributed by atoms with van der Waals surface area (Å²) < 4.78 is 28.9. The molecule has 3 aromatic rings. The van der Waals surface area contributed by atoms with Crippen LogP contribution in [0.15, 0.2) is 82.8 Å². The molecule has 9 heteroatoms. The average molecular weight is 495 g/mol. The van der Waals surface area contributed by atoms with Gasteiger partial charge in [-0.25, -0.2) is 8.42 Å². The van der Waals surface area contributed by atoms with Crippen LogP contribution in [0.4, 0.5) is 0 Å². The van der Waals surface area contributed by atoms with Crippen molar-refractivity contribution in [2.45, 2.75) is 23.4 Å². The van der Waals surface area contributed by atoms with Crippen LogP contribution in [-0.4, -0.2) is 14.1 Å². The molecule has 31 heavy (non-hydrogen) atoms. The van der Waals surface area contributed by atoms with Gasteiger partial charge in [0.05, 0.1) is 22.7 Å². The highest BCUT2D eigenvalue weighted by molar-refractivity contribution is 7.89. The van der Waals surface area contributed by atoms with Gasteiger partial charge in [0.15, 0.2) is 0 Å². The molecule has 0 radical (unpaired) electrons. The Morgan fingerprint density at radius 2 is 1.61 bits per heavy atom. The van der Waals surface area contributed by atoms with E-state index in [1.807, 2.05) is 24.3 Å². The molecule has 0 amide bonds. The second-order valence-electron chi connectivity index (χ2n) is 7.07. The van der Waals surface area contributed by atoms with E-state index < -0.39 is 16.1 Å². The number of nitrogens with zero attached hydrogens (tertiary/aromatic N) is 1. The maximum Gasteiger partial charge on any atom is 0.241 e. The summed E-state index contributed by atoms with van der Waals surface area (Å²) >= 11 is 18.5. The Morgan fingerprint density at radius 3 is 2.29 bits per heavy atom. The molecule has 1 aliphatic heterocycles. The lowest BCUT2D eigenvalue weighted by atomic mass is 9.96. The zero-order chi connectivity index (χ0) is 22.0. The maximum absolute atomic E-state index is 13.1. The van der Waals surface area contributed by atoms with Crippen molar-refractivity contribution in [3.8, 4) is 0 Å². The van der Waals surface area contributed by atoms with E-state index in [-0.39, 0.29) is 10.9 Å². The standard InChI is InChI=1S/C22H18Cl3N3O2S/c23-15-8-6-14(7-9-15)20-13-21(27-26-20)22(18-11-10-16(24)12-19(18)25)28-31(29,30)17-4-2-1-3-5-17/h1-12,20,22,26,28H,13H2/t20?,22-/m0/s1. The van der Waals surface area contributed by atoms with Crippen LogP contribution in [0.5, 0.6) is 0 Å². The molecule has 0 spiro atoms. The predicted octanol–water partition coefficient (Wildman–Crippen LogP) is 5.76. The van der Waals surface area contributed by atoms with Crippen molar-refractivity contribution in [2.75, 3.05) is 0 Å². The molecule has 0 saturated heterocycles. The molecule has 1 aliphatic rings. The lowest BCUT2D eigenvalue weighted by molar-refractivity contribution is 0.576. The zero-order valence-electron chi connectivity index (χ0n) is 16.1. The first-order valence-corrected chi connectivity index (χ1v) is 12.0. The number of nitrogens with one attached hydrogen (secondary N) is 2. The van der Waals surface area contributed by atoms with Gasteiger partial charge in [-0.1, -0.05) is 71.2 Å². The molecule has 0 fully saturated rings. The number of rotatable bonds is 6. The van der Waals surface area contributed by atoms with Gasteiger partial charge in [-0.2, -0.15) is 9.82 Å². The molecule has 0 bridgehead atoms. The van der Waals surface area contributed by atoms with Gasteiger partial charge < -0.3 is 5.43 Å². The van der Waals surface area contributed by atoms with Crippen molar-refractivity contribution in [3.63, 3.8) is 0 Å². The lowest BCUT2D eigenvalue weighted by Gasteiger charge is -2.21. The molecule has 160 valence electrons. The minimum atomic E-state index is -3.83. The van der Waals surface area contributed by atoms with E-state index in [0.29, 0.717) is 32.8 Å². The Balaban J connectivity index is 1.67. The molecular weight excluding hydrogens is 477 g/mol. The van der Waals surface area contributed by atoms with Crippen LogP contribution in [0.25, 0.3) is 0 Å². The quantitative estimate of drug-likeness (QED) is 0.458. The molecule has 4 rings (SSSR count). The summed E-state index contributed by atoms with van der Waals surface area (Å²) in [6.45, 7) is 0. The number of sulfonamides is 1. The van der Waals surface area contributed by atoms with Crippen LogP contribution in [0.1, 0.15) is 29.6 Å². The first-order valence-electron chi connectivity index (χ1n) is 9.43. The smallest absolute Gasteiger partial charge is 0.241 e.